The van der Waals surface area contributed by atoms with Crippen molar-refractivity contribution in [1.29, 1.82) is 0 Å². The van der Waals surface area contributed by atoms with Crippen LogP contribution >= 0.6 is 11.6 Å². The van der Waals surface area contributed by atoms with Crippen molar-refractivity contribution in [3.63, 3.8) is 0 Å². The Bertz CT molecular complexity index is 821. The van der Waals surface area contributed by atoms with Gasteiger partial charge in [0.1, 0.15) is 17.5 Å². The van der Waals surface area contributed by atoms with Gasteiger partial charge in [-0.2, -0.15) is 0 Å². The molecule has 128 valence electrons. The van der Waals surface area contributed by atoms with Crippen molar-refractivity contribution in [2.24, 2.45) is 0 Å². The van der Waals surface area contributed by atoms with Gasteiger partial charge in [-0.05, 0) is 37.5 Å². The molecule has 25 heavy (non-hydrogen) atoms. The van der Waals surface area contributed by atoms with Crippen LogP contribution in [-0.4, -0.2) is 16.5 Å². The first-order valence-electron chi connectivity index (χ1n) is 8.36. The van der Waals surface area contributed by atoms with Crippen LogP contribution < -0.4 is 10.6 Å². The molecule has 1 aromatic heterocycles. The summed E-state index contributed by atoms with van der Waals surface area (Å²) in [7, 11) is 0. The van der Waals surface area contributed by atoms with Crippen LogP contribution in [-0.2, 0) is 6.42 Å². The summed E-state index contributed by atoms with van der Waals surface area (Å²) in [6.45, 7) is 2.74. The van der Waals surface area contributed by atoms with Crippen LogP contribution in [0, 0.1) is 6.92 Å². The topological polar surface area (TPSA) is 49.8 Å². The Kier molecular flexibility index (Phi) is 5.86. The van der Waals surface area contributed by atoms with E-state index < -0.39 is 0 Å². The van der Waals surface area contributed by atoms with E-state index in [1.807, 2.05) is 43.3 Å². The summed E-state index contributed by atoms with van der Waals surface area (Å²) in [6, 6.07) is 20.0. The van der Waals surface area contributed by atoms with E-state index in [2.05, 4.69) is 44.9 Å². The molecule has 0 bridgehead atoms. The number of aryl methyl sites for hydroxylation is 2. The zero-order valence-corrected chi connectivity index (χ0v) is 14.9. The highest BCUT2D eigenvalue weighted by Gasteiger charge is 2.04. The van der Waals surface area contributed by atoms with Crippen molar-refractivity contribution >= 4 is 28.9 Å². The molecule has 0 unspecified atom stereocenters. The van der Waals surface area contributed by atoms with Crippen molar-refractivity contribution in [2.75, 3.05) is 17.2 Å². The van der Waals surface area contributed by atoms with Gasteiger partial charge >= 0.3 is 0 Å². The van der Waals surface area contributed by atoms with E-state index in [1.54, 1.807) is 0 Å². The SMILES string of the molecule is Cc1nc(NCCCc2ccccc2)cc(Nc2ccccc2Cl)n1. The molecule has 0 radical (unpaired) electrons. The lowest BCUT2D eigenvalue weighted by atomic mass is 10.1. The zero-order chi connectivity index (χ0) is 17.5. The molecule has 0 amide bonds. The number of hydrogen-bond acceptors (Lipinski definition) is 4. The first-order valence-corrected chi connectivity index (χ1v) is 8.73. The fraction of sp³-hybridized carbons (Fsp3) is 0.200. The van der Waals surface area contributed by atoms with E-state index in [9.17, 15) is 0 Å². The average Bonchev–Trinajstić information content (AvgIpc) is 2.61. The van der Waals surface area contributed by atoms with Gasteiger partial charge in [0.25, 0.3) is 0 Å². The quantitative estimate of drug-likeness (QED) is 0.572. The minimum absolute atomic E-state index is 0.663. The van der Waals surface area contributed by atoms with Crippen LogP contribution in [0.5, 0.6) is 0 Å². The summed E-state index contributed by atoms with van der Waals surface area (Å²) in [4.78, 5) is 8.87. The van der Waals surface area contributed by atoms with E-state index in [-0.39, 0.29) is 0 Å². The Morgan fingerprint density at radius 3 is 2.44 bits per heavy atom. The Balaban J connectivity index is 1.59. The Labute approximate surface area is 153 Å². The van der Waals surface area contributed by atoms with Crippen molar-refractivity contribution in [3.8, 4) is 0 Å². The predicted molar refractivity (Wildman–Crippen MR) is 105 cm³/mol. The lowest BCUT2D eigenvalue weighted by molar-refractivity contribution is 0.856. The van der Waals surface area contributed by atoms with E-state index in [0.29, 0.717) is 10.8 Å². The van der Waals surface area contributed by atoms with Crippen molar-refractivity contribution in [2.45, 2.75) is 19.8 Å². The first kappa shape index (κ1) is 17.2. The molecule has 0 aliphatic carbocycles. The molecular weight excluding hydrogens is 332 g/mol. The molecule has 4 nitrogen and oxygen atoms in total. The van der Waals surface area contributed by atoms with Crippen LogP contribution in [0.15, 0.2) is 60.7 Å². The lowest BCUT2D eigenvalue weighted by Crippen LogP contribution is -2.07. The average molecular weight is 353 g/mol. The predicted octanol–water partition coefficient (Wildman–Crippen LogP) is 5.23. The smallest absolute Gasteiger partial charge is 0.136 e. The van der Waals surface area contributed by atoms with Gasteiger partial charge in [0.05, 0.1) is 10.7 Å². The van der Waals surface area contributed by atoms with Crippen LogP contribution in [0.1, 0.15) is 17.8 Å². The highest BCUT2D eigenvalue weighted by molar-refractivity contribution is 6.33. The molecular formula is C20H21ClN4. The minimum atomic E-state index is 0.663. The molecule has 2 N–H and O–H groups in total. The molecule has 3 rings (SSSR count). The number of nitrogens with one attached hydrogen (secondary N) is 2. The summed E-state index contributed by atoms with van der Waals surface area (Å²) in [5.41, 5.74) is 2.18. The number of rotatable bonds is 7. The largest absolute Gasteiger partial charge is 0.370 e. The maximum Gasteiger partial charge on any atom is 0.136 e. The summed E-state index contributed by atoms with van der Waals surface area (Å²) < 4.78 is 0. The third-order valence-corrected chi connectivity index (χ3v) is 4.10. The molecule has 2 aromatic carbocycles. The Morgan fingerprint density at radius 1 is 0.920 bits per heavy atom. The van der Waals surface area contributed by atoms with Gasteiger partial charge in [-0.25, -0.2) is 9.97 Å². The number of aromatic nitrogens is 2. The van der Waals surface area contributed by atoms with E-state index in [4.69, 9.17) is 11.6 Å². The molecule has 0 aliphatic heterocycles. The molecule has 0 atom stereocenters. The second kappa shape index (κ2) is 8.49. The third-order valence-electron chi connectivity index (χ3n) is 3.77. The van der Waals surface area contributed by atoms with Crippen molar-refractivity contribution in [3.05, 3.63) is 77.1 Å². The van der Waals surface area contributed by atoms with Gasteiger partial charge in [0, 0.05) is 12.6 Å². The van der Waals surface area contributed by atoms with Crippen LogP contribution in [0.3, 0.4) is 0 Å². The fourth-order valence-electron chi connectivity index (χ4n) is 2.58. The Hall–Kier alpha value is -2.59. The Morgan fingerprint density at radius 2 is 1.64 bits per heavy atom. The lowest BCUT2D eigenvalue weighted by Gasteiger charge is -2.11. The highest BCUT2D eigenvalue weighted by atomic mass is 35.5. The minimum Gasteiger partial charge on any atom is -0.370 e. The second-order valence-corrected chi connectivity index (χ2v) is 6.21. The summed E-state index contributed by atoms with van der Waals surface area (Å²) >= 11 is 6.19. The van der Waals surface area contributed by atoms with E-state index in [1.165, 1.54) is 5.56 Å². The number of para-hydroxylation sites is 1. The normalized spacial score (nSPS) is 10.5. The first-order chi connectivity index (χ1) is 12.2. The van der Waals surface area contributed by atoms with Crippen molar-refractivity contribution in [1.82, 2.24) is 9.97 Å². The second-order valence-electron chi connectivity index (χ2n) is 5.81. The summed E-state index contributed by atoms with van der Waals surface area (Å²) in [6.07, 6.45) is 2.09. The highest BCUT2D eigenvalue weighted by Crippen LogP contribution is 2.24. The van der Waals surface area contributed by atoms with Gasteiger partial charge in [0.2, 0.25) is 0 Å². The summed E-state index contributed by atoms with van der Waals surface area (Å²) in [5.74, 6) is 2.25. The van der Waals surface area contributed by atoms with Gasteiger partial charge in [0.15, 0.2) is 0 Å². The molecule has 0 aliphatic rings. The molecule has 1 heterocycles. The van der Waals surface area contributed by atoms with Gasteiger partial charge in [-0.3, -0.25) is 0 Å². The number of anilines is 3. The standard InChI is InChI=1S/C20H21ClN4/c1-15-23-19(22-13-7-10-16-8-3-2-4-9-16)14-20(24-15)25-18-12-6-5-11-17(18)21/h2-6,8-9,11-12,14H,7,10,13H2,1H3,(H2,22,23,24,25). The molecule has 0 fully saturated rings. The van der Waals surface area contributed by atoms with Crippen molar-refractivity contribution < 1.29 is 0 Å². The maximum absolute atomic E-state index is 6.19. The van der Waals surface area contributed by atoms with Gasteiger partial charge < -0.3 is 10.6 Å². The fourth-order valence-corrected chi connectivity index (χ4v) is 2.76. The maximum atomic E-state index is 6.19. The number of nitrogens with zero attached hydrogens (tertiary/aromatic N) is 2. The van der Waals surface area contributed by atoms with Crippen LogP contribution in [0.25, 0.3) is 0 Å². The molecule has 0 saturated carbocycles. The number of halogens is 1. The number of hydrogen-bond donors (Lipinski definition) is 2. The molecule has 0 spiro atoms. The van der Waals surface area contributed by atoms with E-state index >= 15 is 0 Å². The monoisotopic (exact) mass is 352 g/mol. The molecule has 3 aromatic rings. The number of benzene rings is 2. The molecule has 5 heteroatoms. The third kappa shape index (κ3) is 5.19. The van der Waals surface area contributed by atoms with E-state index in [0.717, 1.165) is 36.7 Å². The summed E-state index contributed by atoms with van der Waals surface area (Å²) in [5, 5.41) is 7.28. The zero-order valence-electron chi connectivity index (χ0n) is 14.2. The van der Waals surface area contributed by atoms with Crippen LogP contribution in [0.4, 0.5) is 17.3 Å². The van der Waals surface area contributed by atoms with Gasteiger partial charge in [-0.15, -0.1) is 0 Å². The van der Waals surface area contributed by atoms with Gasteiger partial charge in [-0.1, -0.05) is 54.1 Å². The van der Waals surface area contributed by atoms with Crippen LogP contribution in [0.2, 0.25) is 5.02 Å². The molecule has 0 saturated heterocycles.